The molecule has 1 saturated carbocycles. The predicted octanol–water partition coefficient (Wildman–Crippen LogP) is 0.362. The first-order valence-corrected chi connectivity index (χ1v) is 7.24. The first kappa shape index (κ1) is 14.4. The molecule has 0 spiro atoms. The van der Waals surface area contributed by atoms with Gasteiger partial charge in [-0.15, -0.1) is 0 Å². The summed E-state index contributed by atoms with van der Waals surface area (Å²) in [6.07, 6.45) is 2.10. The van der Waals surface area contributed by atoms with Gasteiger partial charge in [0, 0.05) is 32.1 Å². The molecule has 1 aliphatic carbocycles. The van der Waals surface area contributed by atoms with Crippen molar-refractivity contribution in [2.24, 2.45) is 5.73 Å². The van der Waals surface area contributed by atoms with Crippen LogP contribution in [0.3, 0.4) is 0 Å². The van der Waals surface area contributed by atoms with Crippen molar-refractivity contribution in [2.45, 2.75) is 45.2 Å². The van der Waals surface area contributed by atoms with E-state index in [0.717, 1.165) is 12.8 Å². The lowest BCUT2D eigenvalue weighted by Gasteiger charge is -2.29. The number of hydrogen-bond donors (Lipinski definition) is 2. The first-order chi connectivity index (χ1) is 7.76. The molecule has 3 N–H and O–H groups in total. The Hall–Kier alpha value is -0.660. The molecular weight excluding hydrogens is 240 g/mol. The van der Waals surface area contributed by atoms with Crippen LogP contribution in [0.15, 0.2) is 0 Å². The van der Waals surface area contributed by atoms with Crippen LogP contribution in [0.2, 0.25) is 0 Å². The van der Waals surface area contributed by atoms with Gasteiger partial charge in [0.25, 0.3) is 10.2 Å². The number of nitrogens with one attached hydrogen (secondary N) is 1. The molecule has 0 heterocycles. The molecule has 0 unspecified atom stereocenters. The van der Waals surface area contributed by atoms with Gasteiger partial charge in [-0.2, -0.15) is 17.0 Å². The standard InChI is InChI=1S/C10H22N4O2S/c1-8(2)13(3)17(15,16)14(9-4-5-9)7-6-10(11)12/h8-9H,4-7H2,1-3H3,(H3,11,12). The van der Waals surface area contributed by atoms with Crippen molar-refractivity contribution in [1.82, 2.24) is 8.61 Å². The van der Waals surface area contributed by atoms with Crippen molar-refractivity contribution in [1.29, 1.82) is 5.41 Å². The maximum absolute atomic E-state index is 12.3. The molecule has 0 amide bonds. The fourth-order valence-electron chi connectivity index (χ4n) is 1.51. The third kappa shape index (κ3) is 3.65. The highest BCUT2D eigenvalue weighted by Gasteiger charge is 2.39. The molecule has 17 heavy (non-hydrogen) atoms. The van der Waals surface area contributed by atoms with Crippen LogP contribution in [0.4, 0.5) is 0 Å². The van der Waals surface area contributed by atoms with Crippen LogP contribution in [-0.4, -0.2) is 48.5 Å². The number of rotatable bonds is 7. The second-order valence-corrected chi connectivity index (χ2v) is 6.68. The van der Waals surface area contributed by atoms with Crippen molar-refractivity contribution in [3.8, 4) is 0 Å². The smallest absolute Gasteiger partial charge is 0.282 e. The van der Waals surface area contributed by atoms with E-state index in [-0.39, 0.29) is 17.9 Å². The Labute approximate surface area is 103 Å². The highest BCUT2D eigenvalue weighted by atomic mass is 32.2. The van der Waals surface area contributed by atoms with Crippen LogP contribution in [0.25, 0.3) is 0 Å². The Morgan fingerprint density at radius 3 is 2.35 bits per heavy atom. The topological polar surface area (TPSA) is 90.5 Å². The Morgan fingerprint density at radius 2 is 2.00 bits per heavy atom. The molecule has 100 valence electrons. The fourth-order valence-corrected chi connectivity index (χ4v) is 3.28. The van der Waals surface area contributed by atoms with Gasteiger partial charge < -0.3 is 5.73 Å². The Morgan fingerprint density at radius 1 is 1.47 bits per heavy atom. The highest BCUT2D eigenvalue weighted by Crippen LogP contribution is 2.30. The summed E-state index contributed by atoms with van der Waals surface area (Å²) in [6, 6.07) is 0.0270. The maximum Gasteiger partial charge on any atom is 0.282 e. The molecule has 0 saturated heterocycles. The third-order valence-corrected chi connectivity index (χ3v) is 5.17. The SMILES string of the molecule is CC(C)N(C)S(=O)(=O)N(CCC(=N)N)C1CC1. The van der Waals surface area contributed by atoms with Gasteiger partial charge in [-0.3, -0.25) is 5.41 Å². The largest absolute Gasteiger partial charge is 0.388 e. The molecule has 1 aliphatic rings. The Bertz CT molecular complexity index is 376. The molecule has 0 aromatic carbocycles. The fraction of sp³-hybridized carbons (Fsp3) is 0.900. The molecule has 7 heteroatoms. The van der Waals surface area contributed by atoms with Crippen LogP contribution in [-0.2, 0) is 10.2 Å². The van der Waals surface area contributed by atoms with Gasteiger partial charge in [0.15, 0.2) is 0 Å². The third-order valence-electron chi connectivity index (χ3n) is 2.94. The molecule has 0 bridgehead atoms. The van der Waals surface area contributed by atoms with E-state index in [9.17, 15) is 8.42 Å². The molecule has 1 fully saturated rings. The highest BCUT2D eigenvalue weighted by molar-refractivity contribution is 7.86. The summed E-state index contributed by atoms with van der Waals surface area (Å²) < 4.78 is 27.5. The molecule has 0 radical (unpaired) electrons. The molecule has 0 aromatic rings. The lowest BCUT2D eigenvalue weighted by molar-refractivity contribution is 0.333. The summed E-state index contributed by atoms with van der Waals surface area (Å²) in [7, 11) is -1.83. The average Bonchev–Trinajstić information content (AvgIpc) is 2.99. The summed E-state index contributed by atoms with van der Waals surface area (Å²) in [5, 5.41) is 7.19. The van der Waals surface area contributed by atoms with Crippen molar-refractivity contribution in [3.05, 3.63) is 0 Å². The van der Waals surface area contributed by atoms with E-state index < -0.39 is 10.2 Å². The van der Waals surface area contributed by atoms with Crippen LogP contribution in [0, 0.1) is 5.41 Å². The molecule has 0 atom stereocenters. The first-order valence-electron chi connectivity index (χ1n) is 5.84. The molecule has 1 rings (SSSR count). The zero-order valence-corrected chi connectivity index (χ0v) is 11.5. The quantitative estimate of drug-likeness (QED) is 0.513. The zero-order chi connectivity index (χ0) is 13.2. The van der Waals surface area contributed by atoms with E-state index in [1.807, 2.05) is 13.8 Å². The number of hydrogen-bond acceptors (Lipinski definition) is 3. The summed E-state index contributed by atoms with van der Waals surface area (Å²) in [6.45, 7) is 3.99. The van der Waals surface area contributed by atoms with Crippen LogP contribution < -0.4 is 5.73 Å². The Balaban J connectivity index is 2.79. The van der Waals surface area contributed by atoms with Gasteiger partial charge in [-0.25, -0.2) is 0 Å². The molecule has 6 nitrogen and oxygen atoms in total. The molecular formula is C10H22N4O2S. The summed E-state index contributed by atoms with van der Waals surface area (Å²) >= 11 is 0. The lowest BCUT2D eigenvalue weighted by Crippen LogP contribution is -2.46. The number of amidine groups is 1. The zero-order valence-electron chi connectivity index (χ0n) is 10.7. The van der Waals surface area contributed by atoms with Crippen LogP contribution >= 0.6 is 0 Å². The second kappa shape index (κ2) is 5.32. The minimum absolute atomic E-state index is 0.0260. The summed E-state index contributed by atoms with van der Waals surface area (Å²) in [5.41, 5.74) is 5.29. The lowest BCUT2D eigenvalue weighted by atomic mass is 10.4. The molecule has 0 aliphatic heterocycles. The van der Waals surface area contributed by atoms with Crippen molar-refractivity contribution >= 4 is 16.0 Å². The van der Waals surface area contributed by atoms with E-state index in [1.54, 1.807) is 7.05 Å². The number of nitrogens with zero attached hydrogens (tertiary/aromatic N) is 2. The second-order valence-electron chi connectivity index (χ2n) is 4.73. The number of nitrogens with two attached hydrogens (primary N) is 1. The Kier molecular flexibility index (Phi) is 4.51. The van der Waals surface area contributed by atoms with Gasteiger partial charge in [0.1, 0.15) is 0 Å². The van der Waals surface area contributed by atoms with Gasteiger partial charge in [-0.05, 0) is 26.7 Å². The van der Waals surface area contributed by atoms with E-state index in [1.165, 1.54) is 8.61 Å². The average molecular weight is 262 g/mol. The molecule has 0 aromatic heterocycles. The van der Waals surface area contributed by atoms with Crippen LogP contribution in [0.5, 0.6) is 0 Å². The van der Waals surface area contributed by atoms with Crippen molar-refractivity contribution in [2.75, 3.05) is 13.6 Å². The van der Waals surface area contributed by atoms with Crippen molar-refractivity contribution in [3.63, 3.8) is 0 Å². The normalized spacial score (nSPS) is 17.1. The van der Waals surface area contributed by atoms with E-state index in [0.29, 0.717) is 13.0 Å². The van der Waals surface area contributed by atoms with Gasteiger partial charge in [-0.1, -0.05) is 0 Å². The van der Waals surface area contributed by atoms with Crippen molar-refractivity contribution < 1.29 is 8.42 Å². The monoisotopic (exact) mass is 262 g/mol. The van der Waals surface area contributed by atoms with Gasteiger partial charge >= 0.3 is 0 Å². The van der Waals surface area contributed by atoms with E-state index in [2.05, 4.69) is 0 Å². The maximum atomic E-state index is 12.3. The van der Waals surface area contributed by atoms with Gasteiger partial charge in [0.05, 0.1) is 5.84 Å². The van der Waals surface area contributed by atoms with E-state index in [4.69, 9.17) is 11.1 Å². The van der Waals surface area contributed by atoms with E-state index >= 15 is 0 Å². The summed E-state index contributed by atoms with van der Waals surface area (Å²) in [5.74, 6) is 0.0260. The minimum Gasteiger partial charge on any atom is -0.388 e. The van der Waals surface area contributed by atoms with Crippen LogP contribution in [0.1, 0.15) is 33.1 Å². The van der Waals surface area contributed by atoms with Gasteiger partial charge in [0.2, 0.25) is 0 Å². The predicted molar refractivity (Wildman–Crippen MR) is 68.1 cm³/mol. The minimum atomic E-state index is -3.42. The summed E-state index contributed by atoms with van der Waals surface area (Å²) in [4.78, 5) is 0.